The number of hydrogen-bond donors (Lipinski definition) is 1. The quantitative estimate of drug-likeness (QED) is 0.150. The zero-order valence-corrected chi connectivity index (χ0v) is 28.1. The van der Waals surface area contributed by atoms with Crippen LogP contribution in [0.25, 0.3) is 0 Å². The Kier molecular flexibility index (Phi) is 12.5. The van der Waals surface area contributed by atoms with Crippen molar-refractivity contribution < 1.29 is 22.7 Å². The van der Waals surface area contributed by atoms with Crippen LogP contribution in [0.3, 0.4) is 0 Å². The molecule has 0 aliphatic heterocycles. The van der Waals surface area contributed by atoms with E-state index in [1.165, 1.54) is 17.0 Å². The number of anilines is 1. The number of rotatable bonds is 15. The standard InChI is InChI=1S/C35H37Cl2N3O5S/c1-3-21-38-35(42)33(23-26-11-7-5-8-12-26)39(24-27-15-20-31(36)32(37)22-27)34(41)25-40(28-13-9-6-10-14-28)46(43,44)30-18-16-29(17-19-30)45-4-2/h5-20,22,33H,3-4,21,23-25H2,1-2H3,(H,38,42)/t33-/m1/s1. The first kappa shape index (κ1) is 34.8. The van der Waals surface area contributed by atoms with E-state index in [-0.39, 0.29) is 23.8 Å². The van der Waals surface area contributed by atoms with Gasteiger partial charge < -0.3 is 15.0 Å². The minimum absolute atomic E-state index is 0.00911. The van der Waals surface area contributed by atoms with Gasteiger partial charge in [-0.05, 0) is 73.0 Å². The van der Waals surface area contributed by atoms with Crippen LogP contribution in [0.4, 0.5) is 5.69 Å². The molecule has 4 aromatic rings. The predicted octanol–water partition coefficient (Wildman–Crippen LogP) is 6.75. The molecule has 0 aliphatic carbocycles. The van der Waals surface area contributed by atoms with Crippen molar-refractivity contribution in [1.82, 2.24) is 10.2 Å². The van der Waals surface area contributed by atoms with Crippen LogP contribution in [-0.2, 0) is 32.6 Å². The Morgan fingerprint density at radius 3 is 2.09 bits per heavy atom. The second-order valence-corrected chi connectivity index (χ2v) is 13.2. The lowest BCUT2D eigenvalue weighted by molar-refractivity contribution is -0.140. The Labute approximate surface area is 280 Å². The normalized spacial score (nSPS) is 11.8. The molecule has 11 heteroatoms. The molecule has 0 saturated carbocycles. The maximum atomic E-state index is 14.5. The number of nitrogens with one attached hydrogen (secondary N) is 1. The summed E-state index contributed by atoms with van der Waals surface area (Å²) in [6, 6.07) is 27.9. The average Bonchev–Trinajstić information content (AvgIpc) is 3.06. The van der Waals surface area contributed by atoms with Gasteiger partial charge in [-0.3, -0.25) is 13.9 Å². The highest BCUT2D eigenvalue weighted by Crippen LogP contribution is 2.27. The number of carbonyl (C=O) groups excluding carboxylic acids is 2. The summed E-state index contributed by atoms with van der Waals surface area (Å²) in [6.07, 6.45) is 0.910. The highest BCUT2D eigenvalue weighted by atomic mass is 35.5. The summed E-state index contributed by atoms with van der Waals surface area (Å²) < 4.78 is 34.8. The fourth-order valence-corrected chi connectivity index (χ4v) is 6.61. The summed E-state index contributed by atoms with van der Waals surface area (Å²) in [5, 5.41) is 3.57. The van der Waals surface area contributed by atoms with Gasteiger partial charge in [0.25, 0.3) is 10.0 Å². The highest BCUT2D eigenvalue weighted by Gasteiger charge is 2.34. The van der Waals surface area contributed by atoms with Gasteiger partial charge in [-0.1, -0.05) is 84.7 Å². The molecule has 0 bridgehead atoms. The fourth-order valence-electron chi connectivity index (χ4n) is 4.88. The van der Waals surface area contributed by atoms with Gasteiger partial charge in [0.1, 0.15) is 18.3 Å². The van der Waals surface area contributed by atoms with Crippen molar-refractivity contribution in [3.8, 4) is 5.75 Å². The van der Waals surface area contributed by atoms with Crippen molar-refractivity contribution in [3.63, 3.8) is 0 Å². The van der Waals surface area contributed by atoms with Gasteiger partial charge >= 0.3 is 0 Å². The molecular weight excluding hydrogens is 645 g/mol. The van der Waals surface area contributed by atoms with Crippen LogP contribution in [-0.4, -0.2) is 50.9 Å². The summed E-state index contributed by atoms with van der Waals surface area (Å²) in [4.78, 5) is 29.6. The van der Waals surface area contributed by atoms with Crippen LogP contribution < -0.4 is 14.4 Å². The SMILES string of the molecule is CCCNC(=O)[C@@H](Cc1ccccc1)N(Cc1ccc(Cl)c(Cl)c1)C(=O)CN(c1ccccc1)S(=O)(=O)c1ccc(OCC)cc1. The first-order chi connectivity index (χ1) is 22.1. The van der Waals surface area contributed by atoms with Gasteiger partial charge in [-0.25, -0.2) is 8.42 Å². The van der Waals surface area contributed by atoms with Crippen molar-refractivity contribution in [2.45, 2.75) is 44.2 Å². The largest absolute Gasteiger partial charge is 0.494 e. The highest BCUT2D eigenvalue weighted by molar-refractivity contribution is 7.92. The molecule has 242 valence electrons. The zero-order valence-electron chi connectivity index (χ0n) is 25.7. The van der Waals surface area contributed by atoms with Crippen LogP contribution in [0.1, 0.15) is 31.4 Å². The molecule has 0 spiro atoms. The number of nitrogens with zero attached hydrogens (tertiary/aromatic N) is 2. The lowest BCUT2D eigenvalue weighted by Gasteiger charge is -2.34. The summed E-state index contributed by atoms with van der Waals surface area (Å²) in [7, 11) is -4.23. The molecule has 0 aliphatic rings. The minimum Gasteiger partial charge on any atom is -0.494 e. The van der Waals surface area contributed by atoms with E-state index in [4.69, 9.17) is 27.9 Å². The fraction of sp³-hybridized carbons (Fsp3) is 0.257. The van der Waals surface area contributed by atoms with Crippen LogP contribution >= 0.6 is 23.2 Å². The summed E-state index contributed by atoms with van der Waals surface area (Å²) in [5.74, 6) is -0.393. The molecule has 4 aromatic carbocycles. The molecule has 0 heterocycles. The number of sulfonamides is 1. The van der Waals surface area contributed by atoms with E-state index < -0.39 is 28.5 Å². The van der Waals surface area contributed by atoms with E-state index in [9.17, 15) is 18.0 Å². The molecule has 0 saturated heterocycles. The molecule has 8 nitrogen and oxygen atoms in total. The molecule has 4 rings (SSSR count). The Hall–Kier alpha value is -4.05. The number of ether oxygens (including phenoxy) is 1. The third-order valence-corrected chi connectivity index (χ3v) is 9.73. The number of carbonyl (C=O) groups is 2. The zero-order chi connectivity index (χ0) is 33.1. The Morgan fingerprint density at radius 2 is 1.48 bits per heavy atom. The maximum Gasteiger partial charge on any atom is 0.264 e. The number of benzene rings is 4. The van der Waals surface area contributed by atoms with Crippen molar-refractivity contribution in [3.05, 3.63) is 124 Å². The Bertz CT molecular complexity index is 1710. The van der Waals surface area contributed by atoms with E-state index in [2.05, 4.69) is 5.32 Å². The van der Waals surface area contributed by atoms with E-state index in [0.717, 1.165) is 9.87 Å². The summed E-state index contributed by atoms with van der Waals surface area (Å²) in [5.41, 5.74) is 1.77. The predicted molar refractivity (Wildman–Crippen MR) is 183 cm³/mol. The number of hydrogen-bond acceptors (Lipinski definition) is 5. The minimum atomic E-state index is -4.23. The Balaban J connectivity index is 1.78. The van der Waals surface area contributed by atoms with Gasteiger partial charge in [-0.15, -0.1) is 0 Å². The monoisotopic (exact) mass is 681 g/mol. The number of para-hydroxylation sites is 1. The van der Waals surface area contributed by atoms with Crippen molar-refractivity contribution in [2.75, 3.05) is 24.0 Å². The topological polar surface area (TPSA) is 96.0 Å². The van der Waals surface area contributed by atoms with Crippen LogP contribution in [0, 0.1) is 0 Å². The van der Waals surface area contributed by atoms with E-state index >= 15 is 0 Å². The van der Waals surface area contributed by atoms with Gasteiger partial charge in [0.05, 0.1) is 27.2 Å². The molecule has 0 unspecified atom stereocenters. The molecule has 1 atom stereocenters. The molecule has 46 heavy (non-hydrogen) atoms. The summed E-state index contributed by atoms with van der Waals surface area (Å²) in [6.45, 7) is 4.05. The third kappa shape index (κ3) is 9.02. The second-order valence-electron chi connectivity index (χ2n) is 10.5. The third-order valence-electron chi connectivity index (χ3n) is 7.20. The second kappa shape index (κ2) is 16.5. The van der Waals surface area contributed by atoms with Gasteiger partial charge in [0, 0.05) is 19.5 Å². The van der Waals surface area contributed by atoms with E-state index in [0.29, 0.717) is 46.6 Å². The molecule has 2 amide bonds. The molecule has 1 N–H and O–H groups in total. The van der Waals surface area contributed by atoms with Crippen molar-refractivity contribution in [2.24, 2.45) is 0 Å². The number of halogens is 2. The average molecular weight is 683 g/mol. The van der Waals surface area contributed by atoms with Crippen molar-refractivity contribution in [1.29, 1.82) is 0 Å². The smallest absolute Gasteiger partial charge is 0.264 e. The lowest BCUT2D eigenvalue weighted by Crippen LogP contribution is -2.53. The first-order valence-corrected chi connectivity index (χ1v) is 17.2. The molecular formula is C35H37Cl2N3O5S. The first-order valence-electron chi connectivity index (χ1n) is 15.0. The van der Waals surface area contributed by atoms with Crippen LogP contribution in [0.2, 0.25) is 10.0 Å². The summed E-state index contributed by atoms with van der Waals surface area (Å²) >= 11 is 12.5. The van der Waals surface area contributed by atoms with Gasteiger partial charge in [0.2, 0.25) is 11.8 Å². The number of amides is 2. The van der Waals surface area contributed by atoms with Crippen LogP contribution in [0.5, 0.6) is 5.75 Å². The maximum absolute atomic E-state index is 14.5. The molecule has 0 aromatic heterocycles. The van der Waals surface area contributed by atoms with E-state index in [1.54, 1.807) is 60.7 Å². The van der Waals surface area contributed by atoms with Crippen molar-refractivity contribution >= 4 is 50.7 Å². The van der Waals surface area contributed by atoms with Crippen LogP contribution in [0.15, 0.2) is 108 Å². The molecule has 0 radical (unpaired) electrons. The van der Waals surface area contributed by atoms with Gasteiger partial charge in [-0.2, -0.15) is 0 Å². The molecule has 0 fully saturated rings. The van der Waals surface area contributed by atoms with E-state index in [1.807, 2.05) is 44.2 Å². The Morgan fingerprint density at radius 1 is 0.826 bits per heavy atom. The van der Waals surface area contributed by atoms with Gasteiger partial charge in [0.15, 0.2) is 0 Å². The lowest BCUT2D eigenvalue weighted by atomic mass is 10.0.